The number of carboxylic acids is 1. The Kier molecular flexibility index (Phi) is 4.99. The zero-order valence-electron chi connectivity index (χ0n) is 13.5. The van der Waals surface area contributed by atoms with Crippen LogP contribution in [0.3, 0.4) is 0 Å². The van der Waals surface area contributed by atoms with E-state index < -0.39 is 12.0 Å². The van der Waals surface area contributed by atoms with E-state index in [0.717, 1.165) is 32.1 Å². The number of nitrogens with zero attached hydrogens (tertiary/aromatic N) is 1. The van der Waals surface area contributed by atoms with Gasteiger partial charge in [0.05, 0.1) is 0 Å². The monoisotopic (exact) mass is 315 g/mol. The number of aliphatic carboxylic acids is 1. The summed E-state index contributed by atoms with van der Waals surface area (Å²) in [5.41, 5.74) is 1.23. The van der Waals surface area contributed by atoms with Crippen molar-refractivity contribution in [2.45, 2.75) is 63.5 Å². The summed E-state index contributed by atoms with van der Waals surface area (Å²) in [6.07, 6.45) is 7.06. The van der Waals surface area contributed by atoms with Crippen molar-refractivity contribution < 1.29 is 14.7 Å². The summed E-state index contributed by atoms with van der Waals surface area (Å²) < 4.78 is 0. The molecule has 1 aromatic rings. The number of carbonyl (C=O) groups excluding carboxylic acids is 1. The Hall–Kier alpha value is -1.84. The SMILES string of the molecule is O=C(O)[C@@H]1C[C@H]2CCCCC2N1C(=O)CCCc1ccccc1. The summed E-state index contributed by atoms with van der Waals surface area (Å²) in [6.45, 7) is 0. The van der Waals surface area contributed by atoms with E-state index in [4.69, 9.17) is 0 Å². The molecule has 0 bridgehead atoms. The van der Waals surface area contributed by atoms with Gasteiger partial charge in [-0.15, -0.1) is 0 Å². The van der Waals surface area contributed by atoms with E-state index in [1.54, 1.807) is 4.90 Å². The van der Waals surface area contributed by atoms with Gasteiger partial charge in [0, 0.05) is 12.5 Å². The van der Waals surface area contributed by atoms with Crippen molar-refractivity contribution in [2.75, 3.05) is 0 Å². The molecule has 124 valence electrons. The van der Waals surface area contributed by atoms with Gasteiger partial charge in [-0.05, 0) is 43.6 Å². The van der Waals surface area contributed by atoms with Gasteiger partial charge < -0.3 is 10.0 Å². The van der Waals surface area contributed by atoms with Crippen LogP contribution in [0.4, 0.5) is 0 Å². The fourth-order valence-electron chi connectivity index (χ4n) is 4.26. The number of aryl methyl sites for hydroxylation is 1. The number of likely N-dealkylation sites (tertiary alicyclic amines) is 1. The Morgan fingerprint density at radius 1 is 1.13 bits per heavy atom. The minimum atomic E-state index is -0.837. The first kappa shape index (κ1) is 16.0. The molecule has 1 heterocycles. The lowest BCUT2D eigenvalue weighted by Gasteiger charge is -2.33. The Balaban J connectivity index is 1.60. The molecule has 23 heavy (non-hydrogen) atoms. The second kappa shape index (κ2) is 7.16. The second-order valence-electron chi connectivity index (χ2n) is 6.84. The van der Waals surface area contributed by atoms with E-state index in [1.165, 1.54) is 12.0 Å². The molecule has 3 rings (SSSR count). The zero-order valence-corrected chi connectivity index (χ0v) is 13.5. The number of amides is 1. The van der Waals surface area contributed by atoms with Gasteiger partial charge in [0.2, 0.25) is 5.91 Å². The average Bonchev–Trinajstić information content (AvgIpc) is 2.95. The third-order valence-electron chi connectivity index (χ3n) is 5.36. The number of carbonyl (C=O) groups is 2. The molecule has 1 unspecified atom stereocenters. The Bertz CT molecular complexity index is 557. The maximum absolute atomic E-state index is 12.7. The van der Waals surface area contributed by atoms with Crippen LogP contribution in [0.5, 0.6) is 0 Å². The van der Waals surface area contributed by atoms with E-state index >= 15 is 0 Å². The molecular formula is C19H25NO3. The molecule has 3 atom stereocenters. The van der Waals surface area contributed by atoms with Crippen molar-refractivity contribution in [3.63, 3.8) is 0 Å². The van der Waals surface area contributed by atoms with E-state index in [0.29, 0.717) is 18.8 Å². The van der Waals surface area contributed by atoms with Crippen molar-refractivity contribution >= 4 is 11.9 Å². The maximum Gasteiger partial charge on any atom is 0.326 e. The number of rotatable bonds is 5. The third kappa shape index (κ3) is 3.57. The van der Waals surface area contributed by atoms with E-state index in [-0.39, 0.29) is 11.9 Å². The van der Waals surface area contributed by atoms with Crippen molar-refractivity contribution in [1.29, 1.82) is 0 Å². The molecule has 4 heteroatoms. The number of fused-ring (bicyclic) bond motifs is 1. The molecule has 0 radical (unpaired) electrons. The van der Waals surface area contributed by atoms with Gasteiger partial charge in [-0.25, -0.2) is 4.79 Å². The van der Waals surface area contributed by atoms with Crippen LogP contribution in [-0.2, 0) is 16.0 Å². The highest BCUT2D eigenvalue weighted by Crippen LogP contribution is 2.40. The van der Waals surface area contributed by atoms with Crippen molar-refractivity contribution in [3.8, 4) is 0 Å². The van der Waals surface area contributed by atoms with Crippen LogP contribution >= 0.6 is 0 Å². The lowest BCUT2D eigenvalue weighted by molar-refractivity contribution is -0.149. The smallest absolute Gasteiger partial charge is 0.326 e. The highest BCUT2D eigenvalue weighted by Gasteiger charge is 2.47. The summed E-state index contributed by atoms with van der Waals surface area (Å²) in [5, 5.41) is 9.49. The molecule has 1 saturated heterocycles. The van der Waals surface area contributed by atoms with Crippen molar-refractivity contribution in [1.82, 2.24) is 4.90 Å². The van der Waals surface area contributed by atoms with Gasteiger partial charge in [-0.1, -0.05) is 43.2 Å². The summed E-state index contributed by atoms with van der Waals surface area (Å²) in [5.74, 6) is -0.415. The largest absolute Gasteiger partial charge is 0.480 e. The van der Waals surface area contributed by atoms with Crippen LogP contribution in [0.15, 0.2) is 30.3 Å². The number of benzene rings is 1. The predicted octanol–water partition coefficient (Wildman–Crippen LogP) is 3.25. The Morgan fingerprint density at radius 2 is 1.87 bits per heavy atom. The van der Waals surface area contributed by atoms with Gasteiger partial charge in [-0.3, -0.25) is 4.79 Å². The molecule has 4 nitrogen and oxygen atoms in total. The first-order chi connectivity index (χ1) is 11.2. The topological polar surface area (TPSA) is 57.6 Å². The van der Waals surface area contributed by atoms with Crippen molar-refractivity contribution in [3.05, 3.63) is 35.9 Å². The van der Waals surface area contributed by atoms with Gasteiger partial charge in [0.25, 0.3) is 0 Å². The summed E-state index contributed by atoms with van der Waals surface area (Å²) in [4.78, 5) is 25.9. The molecule has 1 aromatic carbocycles. The van der Waals surface area contributed by atoms with Crippen LogP contribution in [0.25, 0.3) is 0 Å². The van der Waals surface area contributed by atoms with Gasteiger partial charge in [-0.2, -0.15) is 0 Å². The van der Waals surface area contributed by atoms with Crippen molar-refractivity contribution in [2.24, 2.45) is 5.92 Å². The summed E-state index contributed by atoms with van der Waals surface area (Å²) in [7, 11) is 0. The van der Waals surface area contributed by atoms with Crippen LogP contribution in [0, 0.1) is 5.92 Å². The molecule has 1 aliphatic carbocycles. The molecule has 1 aliphatic heterocycles. The molecule has 0 aromatic heterocycles. The van der Waals surface area contributed by atoms with Gasteiger partial charge in [0.15, 0.2) is 0 Å². The first-order valence-corrected chi connectivity index (χ1v) is 8.74. The second-order valence-corrected chi connectivity index (χ2v) is 6.84. The number of hydrogen-bond acceptors (Lipinski definition) is 2. The van der Waals surface area contributed by atoms with Crippen LogP contribution < -0.4 is 0 Å². The lowest BCUT2D eigenvalue weighted by Crippen LogP contribution is -2.46. The number of carboxylic acid groups (broad SMARTS) is 1. The first-order valence-electron chi connectivity index (χ1n) is 8.74. The standard InChI is InChI=1S/C19H25NO3/c21-18(12-6-9-14-7-2-1-3-8-14)20-16-11-5-4-10-15(16)13-17(20)19(22)23/h1-3,7-8,15-17H,4-6,9-13H2,(H,22,23)/t15-,16?,17+/m1/s1. The highest BCUT2D eigenvalue weighted by molar-refractivity contribution is 5.84. The predicted molar refractivity (Wildman–Crippen MR) is 88.0 cm³/mol. The third-order valence-corrected chi connectivity index (χ3v) is 5.36. The number of hydrogen-bond donors (Lipinski definition) is 1. The van der Waals surface area contributed by atoms with Crippen LogP contribution in [0.1, 0.15) is 50.5 Å². The fourth-order valence-corrected chi connectivity index (χ4v) is 4.26. The minimum Gasteiger partial charge on any atom is -0.480 e. The summed E-state index contributed by atoms with van der Waals surface area (Å²) >= 11 is 0. The van der Waals surface area contributed by atoms with Crippen LogP contribution in [-0.4, -0.2) is 34.0 Å². The quantitative estimate of drug-likeness (QED) is 0.907. The normalized spacial score (nSPS) is 26.8. The Morgan fingerprint density at radius 3 is 2.61 bits per heavy atom. The average molecular weight is 315 g/mol. The minimum absolute atomic E-state index is 0.0303. The van der Waals surface area contributed by atoms with E-state index in [9.17, 15) is 14.7 Å². The summed E-state index contributed by atoms with van der Waals surface area (Å²) in [6, 6.07) is 9.69. The molecule has 1 saturated carbocycles. The molecule has 2 aliphatic rings. The fraction of sp³-hybridized carbons (Fsp3) is 0.579. The van der Waals surface area contributed by atoms with Gasteiger partial charge >= 0.3 is 5.97 Å². The molecule has 0 spiro atoms. The van der Waals surface area contributed by atoms with E-state index in [1.807, 2.05) is 18.2 Å². The molecular weight excluding hydrogens is 290 g/mol. The van der Waals surface area contributed by atoms with E-state index in [2.05, 4.69) is 12.1 Å². The van der Waals surface area contributed by atoms with Crippen LogP contribution in [0.2, 0.25) is 0 Å². The zero-order chi connectivity index (χ0) is 16.2. The maximum atomic E-state index is 12.7. The highest BCUT2D eigenvalue weighted by atomic mass is 16.4. The Labute approximate surface area is 137 Å². The molecule has 1 amide bonds. The molecule has 1 N–H and O–H groups in total. The van der Waals surface area contributed by atoms with Gasteiger partial charge in [0.1, 0.15) is 6.04 Å². The molecule has 2 fully saturated rings. The lowest BCUT2D eigenvalue weighted by atomic mass is 9.84.